The van der Waals surface area contributed by atoms with Crippen molar-refractivity contribution in [3.8, 4) is 0 Å². The fourth-order valence-corrected chi connectivity index (χ4v) is 7.23. The minimum Gasteiger partial charge on any atom is -0.477 e. The third-order valence-electron chi connectivity index (χ3n) is 6.11. The number of thioether (sulfide) groups is 2. The number of carboxylic acid groups (broad SMARTS) is 1. The van der Waals surface area contributed by atoms with Gasteiger partial charge in [-0.25, -0.2) is 9.52 Å². The minimum absolute atomic E-state index is 0.0313. The Kier molecular flexibility index (Phi) is 8.41. The Morgan fingerprint density at radius 2 is 2.06 bits per heavy atom. The summed E-state index contributed by atoms with van der Waals surface area (Å²) in [5.74, 6) is -2.29. The number of rotatable bonds is 10. The lowest BCUT2D eigenvalue weighted by molar-refractivity contribution is -0.163. The number of fused-ring (bicyclic) bond motifs is 1. The van der Waals surface area contributed by atoms with E-state index in [9.17, 15) is 33.0 Å². The molecule has 3 rings (SSSR count). The summed E-state index contributed by atoms with van der Waals surface area (Å²) in [6, 6.07) is -0.190. The molecule has 2 fully saturated rings. The van der Waals surface area contributed by atoms with Crippen molar-refractivity contribution < 1.29 is 33.0 Å². The number of nitrogens with zero attached hydrogens (tertiary/aromatic N) is 2. The topological polar surface area (TPSA) is 156 Å². The molecule has 0 aromatic carbocycles. The molecule has 0 radical (unpaired) electrons. The molecule has 4 N–H and O–H groups in total. The van der Waals surface area contributed by atoms with E-state index in [0.717, 1.165) is 16.8 Å². The lowest BCUT2D eigenvalue weighted by Gasteiger charge is -2.46. The van der Waals surface area contributed by atoms with Crippen LogP contribution in [0.1, 0.15) is 20.3 Å². The number of aliphatic hydroxyl groups is 1. The first kappa shape index (κ1) is 27.0. The summed E-state index contributed by atoms with van der Waals surface area (Å²) in [6.45, 7) is 4.13. The van der Waals surface area contributed by atoms with Crippen LogP contribution in [0.2, 0.25) is 0 Å². The molecule has 6 atom stereocenters. The maximum absolute atomic E-state index is 12.5. The van der Waals surface area contributed by atoms with Crippen LogP contribution in [0.4, 0.5) is 0 Å². The highest BCUT2D eigenvalue weighted by molar-refractivity contribution is 8.03. The Bertz CT molecular complexity index is 1010. The Morgan fingerprint density at radius 1 is 1.38 bits per heavy atom. The first-order chi connectivity index (χ1) is 15.8. The van der Waals surface area contributed by atoms with Crippen molar-refractivity contribution in [3.05, 3.63) is 22.1 Å². The second-order valence-corrected chi connectivity index (χ2v) is 12.9. The zero-order valence-corrected chi connectivity index (χ0v) is 21.7. The van der Waals surface area contributed by atoms with Gasteiger partial charge in [-0.15, -0.1) is 23.5 Å². The summed E-state index contributed by atoms with van der Waals surface area (Å²) in [4.78, 5) is 38.1. The summed E-state index contributed by atoms with van der Waals surface area (Å²) < 4.78 is 26.1. The Hall–Kier alpha value is -1.58. The third kappa shape index (κ3) is 5.46. The Morgan fingerprint density at radius 3 is 2.65 bits per heavy atom. The van der Waals surface area contributed by atoms with Gasteiger partial charge in [-0.1, -0.05) is 6.92 Å². The first-order valence-electron chi connectivity index (χ1n) is 10.8. The van der Waals surface area contributed by atoms with E-state index in [0.29, 0.717) is 17.2 Å². The van der Waals surface area contributed by atoms with Gasteiger partial charge in [0.1, 0.15) is 5.70 Å². The quantitative estimate of drug-likeness (QED) is 0.218. The van der Waals surface area contributed by atoms with Crippen LogP contribution in [0, 0.1) is 11.8 Å². The van der Waals surface area contributed by atoms with E-state index in [1.54, 1.807) is 12.3 Å². The smallest absolute Gasteiger partial charge is 0.353 e. The molecule has 3 heterocycles. The molecule has 0 aromatic heterocycles. The van der Waals surface area contributed by atoms with Crippen LogP contribution in [-0.4, -0.2) is 95.5 Å². The van der Waals surface area contributed by atoms with Crippen molar-refractivity contribution in [2.75, 3.05) is 26.4 Å². The van der Waals surface area contributed by atoms with Crippen LogP contribution in [0.25, 0.3) is 0 Å². The SMILES string of the molecule is C[C@H]1C(S[C@@H]2CN[C@H](CS/C=C/C(=O)NS(=O)(=O)N(C)C)C2)=C(C(=O)O)N2C(=O)[C@H]([C@@H](C)O)C12. The molecule has 1 unspecified atom stereocenters. The number of carbonyl (C=O) groups excluding carboxylic acids is 2. The fourth-order valence-electron chi connectivity index (χ4n) is 4.39. The van der Waals surface area contributed by atoms with Crippen LogP contribution < -0.4 is 10.0 Å². The van der Waals surface area contributed by atoms with Crippen LogP contribution in [0.5, 0.6) is 0 Å². The standard InChI is InChI=1S/C20H30N4O7S3/c1-10-16-15(11(2)25)19(27)24(16)17(20(28)29)18(10)33-13-7-12(21-8-13)9-32-6-5-14(26)22-34(30,31)23(3)4/h5-6,10-13,15-16,21,25H,7-9H2,1-4H3,(H,22,26)(H,28,29)/b6-5+/t10-,11-,12+,13+,15-,16?/m1/s1. The van der Waals surface area contributed by atoms with Gasteiger partial charge in [-0.2, -0.15) is 12.7 Å². The maximum Gasteiger partial charge on any atom is 0.353 e. The van der Waals surface area contributed by atoms with Crippen molar-refractivity contribution in [2.24, 2.45) is 11.8 Å². The molecule has 2 amide bonds. The molecule has 0 aromatic rings. The Balaban J connectivity index is 1.53. The summed E-state index contributed by atoms with van der Waals surface area (Å²) in [5.41, 5.74) is 0.0313. The number of carboxylic acids is 1. The highest BCUT2D eigenvalue weighted by Gasteiger charge is 2.60. The minimum atomic E-state index is -3.83. The van der Waals surface area contributed by atoms with E-state index in [1.807, 2.05) is 11.6 Å². The molecule has 0 spiro atoms. The van der Waals surface area contributed by atoms with E-state index in [1.165, 1.54) is 42.5 Å². The van der Waals surface area contributed by atoms with Gasteiger partial charge >= 0.3 is 16.2 Å². The second-order valence-electron chi connectivity index (χ2n) is 8.74. The molecular formula is C20H30N4O7S3. The number of hydrogen-bond donors (Lipinski definition) is 4. The number of β-lactam (4-membered cyclic amide) rings is 1. The van der Waals surface area contributed by atoms with E-state index in [4.69, 9.17) is 0 Å². The average molecular weight is 535 g/mol. The Labute approximate surface area is 207 Å². The lowest BCUT2D eigenvalue weighted by atomic mass is 9.79. The zero-order chi connectivity index (χ0) is 25.4. The molecule has 3 aliphatic rings. The molecule has 11 nitrogen and oxygen atoms in total. The normalized spacial score (nSPS) is 30.1. The van der Waals surface area contributed by atoms with Crippen molar-refractivity contribution in [3.63, 3.8) is 0 Å². The molecule has 0 bridgehead atoms. The van der Waals surface area contributed by atoms with Crippen molar-refractivity contribution in [2.45, 2.75) is 43.7 Å². The van der Waals surface area contributed by atoms with Crippen LogP contribution in [-0.2, 0) is 24.6 Å². The highest BCUT2D eigenvalue weighted by atomic mass is 32.2. The highest BCUT2D eigenvalue weighted by Crippen LogP contribution is 2.51. The molecule has 34 heavy (non-hydrogen) atoms. The number of aliphatic hydroxyl groups excluding tert-OH is 1. The fraction of sp³-hybridized carbons (Fsp3) is 0.650. The maximum atomic E-state index is 12.5. The molecule has 3 aliphatic heterocycles. The predicted molar refractivity (Wildman–Crippen MR) is 130 cm³/mol. The predicted octanol–water partition coefficient (Wildman–Crippen LogP) is -0.227. The van der Waals surface area contributed by atoms with E-state index < -0.39 is 34.1 Å². The summed E-state index contributed by atoms with van der Waals surface area (Å²) in [7, 11) is -1.18. The second kappa shape index (κ2) is 10.6. The lowest BCUT2D eigenvalue weighted by Crippen LogP contribution is -2.63. The van der Waals surface area contributed by atoms with Gasteiger partial charge in [0.05, 0.1) is 18.1 Å². The van der Waals surface area contributed by atoms with Gasteiger partial charge in [-0.3, -0.25) is 9.59 Å². The number of aliphatic carboxylic acids is 1. The van der Waals surface area contributed by atoms with E-state index in [-0.39, 0.29) is 34.9 Å². The van der Waals surface area contributed by atoms with E-state index >= 15 is 0 Å². The molecule has 14 heteroatoms. The van der Waals surface area contributed by atoms with Gasteiger partial charge in [0.15, 0.2) is 0 Å². The van der Waals surface area contributed by atoms with Crippen LogP contribution >= 0.6 is 23.5 Å². The molecule has 2 saturated heterocycles. The zero-order valence-electron chi connectivity index (χ0n) is 19.3. The monoisotopic (exact) mass is 534 g/mol. The molecule has 0 aliphatic carbocycles. The number of nitrogens with one attached hydrogen (secondary N) is 2. The summed E-state index contributed by atoms with van der Waals surface area (Å²) >= 11 is 2.85. The summed E-state index contributed by atoms with van der Waals surface area (Å²) in [5, 5.41) is 24.8. The summed E-state index contributed by atoms with van der Waals surface area (Å²) in [6.07, 6.45) is 1.11. The van der Waals surface area contributed by atoms with Gasteiger partial charge in [0, 0.05) is 54.6 Å². The first-order valence-corrected chi connectivity index (χ1v) is 14.1. The molecule has 0 saturated carbocycles. The van der Waals surface area contributed by atoms with Crippen molar-refractivity contribution in [1.29, 1.82) is 0 Å². The van der Waals surface area contributed by atoms with Gasteiger partial charge in [0.2, 0.25) is 5.91 Å². The molecular weight excluding hydrogens is 504 g/mol. The number of hydrogen-bond acceptors (Lipinski definition) is 9. The number of carbonyl (C=O) groups is 3. The van der Waals surface area contributed by atoms with Crippen LogP contribution in [0.3, 0.4) is 0 Å². The largest absolute Gasteiger partial charge is 0.477 e. The van der Waals surface area contributed by atoms with Gasteiger partial charge in [-0.05, 0) is 18.8 Å². The average Bonchev–Trinajstić information content (AvgIpc) is 3.26. The van der Waals surface area contributed by atoms with E-state index in [2.05, 4.69) is 5.32 Å². The third-order valence-corrected chi connectivity index (χ3v) is 9.97. The van der Waals surface area contributed by atoms with Crippen LogP contribution in [0.15, 0.2) is 22.1 Å². The van der Waals surface area contributed by atoms with Crippen molar-refractivity contribution in [1.82, 2.24) is 19.2 Å². The van der Waals surface area contributed by atoms with Gasteiger partial charge in [0.25, 0.3) is 5.91 Å². The molecule has 190 valence electrons. The number of amides is 2. The van der Waals surface area contributed by atoms with Crippen molar-refractivity contribution >= 4 is 51.5 Å². The van der Waals surface area contributed by atoms with Gasteiger partial charge < -0.3 is 20.4 Å².